The van der Waals surface area contributed by atoms with Crippen molar-refractivity contribution in [3.63, 3.8) is 0 Å². The highest BCUT2D eigenvalue weighted by molar-refractivity contribution is 5.77. The number of amides is 2. The number of nitrogens with one attached hydrogen (secondary N) is 1. The zero-order valence-electron chi connectivity index (χ0n) is 13.3. The Balaban J connectivity index is 2.52. The lowest BCUT2D eigenvalue weighted by Gasteiger charge is -2.29. The molecule has 2 amide bonds. The van der Waals surface area contributed by atoms with E-state index in [4.69, 9.17) is 9.84 Å². The summed E-state index contributed by atoms with van der Waals surface area (Å²) in [7, 11) is 1.62. The van der Waals surface area contributed by atoms with Gasteiger partial charge in [-0.3, -0.25) is 4.79 Å². The molecule has 2 N–H and O–H groups in total. The third-order valence-corrected chi connectivity index (χ3v) is 3.98. The number of hydrogen-bond donors (Lipinski definition) is 2. The van der Waals surface area contributed by atoms with Crippen molar-refractivity contribution in [2.24, 2.45) is 5.92 Å². The van der Waals surface area contributed by atoms with E-state index in [-0.39, 0.29) is 25.3 Å². The maximum Gasteiger partial charge on any atom is 0.317 e. The van der Waals surface area contributed by atoms with Gasteiger partial charge in [0.25, 0.3) is 0 Å². The first kappa shape index (κ1) is 17.7. The van der Waals surface area contributed by atoms with Gasteiger partial charge in [-0.15, -0.1) is 0 Å². The van der Waals surface area contributed by atoms with Gasteiger partial charge in [0.05, 0.1) is 19.3 Å². The summed E-state index contributed by atoms with van der Waals surface area (Å²) in [6, 6.07) is -0.662. The molecule has 0 aromatic carbocycles. The Labute approximate surface area is 126 Å². The summed E-state index contributed by atoms with van der Waals surface area (Å²) in [6.45, 7) is 9.18. The van der Waals surface area contributed by atoms with Crippen LogP contribution in [-0.2, 0) is 9.53 Å². The van der Waals surface area contributed by atoms with Gasteiger partial charge in [-0.1, -0.05) is 13.8 Å². The van der Waals surface area contributed by atoms with E-state index in [1.165, 1.54) is 4.90 Å². The number of rotatable bonds is 7. The van der Waals surface area contributed by atoms with Gasteiger partial charge in [0, 0.05) is 19.6 Å². The maximum atomic E-state index is 12.2. The van der Waals surface area contributed by atoms with Crippen molar-refractivity contribution < 1.29 is 19.4 Å². The normalized spacial score (nSPS) is 23.1. The van der Waals surface area contributed by atoms with E-state index >= 15 is 0 Å². The molecule has 0 spiro atoms. The summed E-state index contributed by atoms with van der Waals surface area (Å²) in [4.78, 5) is 27.0. The number of carbonyl (C=O) groups is 2. The zero-order valence-corrected chi connectivity index (χ0v) is 13.3. The number of carbonyl (C=O) groups excluding carboxylic acids is 1. The number of carboxylic acids is 1. The fraction of sp³-hybridized carbons (Fsp3) is 0.857. The second-order valence-electron chi connectivity index (χ2n) is 5.50. The van der Waals surface area contributed by atoms with Crippen LogP contribution in [0.3, 0.4) is 0 Å². The van der Waals surface area contributed by atoms with Gasteiger partial charge in [0.1, 0.15) is 5.92 Å². The zero-order chi connectivity index (χ0) is 16.0. The van der Waals surface area contributed by atoms with Gasteiger partial charge >= 0.3 is 12.0 Å². The Morgan fingerprint density at radius 3 is 2.48 bits per heavy atom. The van der Waals surface area contributed by atoms with Crippen molar-refractivity contribution in [1.29, 1.82) is 0 Å². The smallest absolute Gasteiger partial charge is 0.317 e. The van der Waals surface area contributed by atoms with Crippen LogP contribution in [0.25, 0.3) is 0 Å². The number of carboxylic acid groups (broad SMARTS) is 1. The first-order chi connectivity index (χ1) is 9.90. The van der Waals surface area contributed by atoms with Gasteiger partial charge < -0.3 is 25.0 Å². The molecule has 0 aliphatic carbocycles. The van der Waals surface area contributed by atoms with Crippen LogP contribution in [-0.4, -0.2) is 78.9 Å². The number of hydrogen-bond acceptors (Lipinski definition) is 4. The summed E-state index contributed by atoms with van der Waals surface area (Å²) in [5, 5.41) is 12.0. The molecule has 1 aliphatic rings. The highest BCUT2D eigenvalue weighted by Gasteiger charge is 2.38. The molecule has 3 atom stereocenters. The van der Waals surface area contributed by atoms with Gasteiger partial charge in [-0.2, -0.15) is 0 Å². The van der Waals surface area contributed by atoms with E-state index in [0.717, 1.165) is 19.6 Å². The molecule has 1 fully saturated rings. The fourth-order valence-corrected chi connectivity index (χ4v) is 2.54. The molecular formula is C14H27N3O4. The van der Waals surface area contributed by atoms with Gasteiger partial charge in [-0.25, -0.2) is 4.79 Å². The van der Waals surface area contributed by atoms with Crippen LogP contribution in [0.15, 0.2) is 0 Å². The lowest BCUT2D eigenvalue weighted by molar-refractivity contribution is -0.142. The molecule has 1 saturated heterocycles. The van der Waals surface area contributed by atoms with Crippen molar-refractivity contribution in [1.82, 2.24) is 15.1 Å². The maximum absolute atomic E-state index is 12.2. The van der Waals surface area contributed by atoms with Crippen molar-refractivity contribution >= 4 is 12.0 Å². The van der Waals surface area contributed by atoms with E-state index in [1.807, 2.05) is 6.92 Å². The molecule has 0 saturated carbocycles. The molecular weight excluding hydrogens is 274 g/mol. The third kappa shape index (κ3) is 4.86. The molecule has 3 unspecified atom stereocenters. The highest BCUT2D eigenvalue weighted by Crippen LogP contribution is 2.19. The summed E-state index contributed by atoms with van der Waals surface area (Å²) >= 11 is 0. The van der Waals surface area contributed by atoms with Crippen molar-refractivity contribution in [2.75, 3.05) is 39.9 Å². The average molecular weight is 301 g/mol. The number of ether oxygens (including phenoxy) is 1. The van der Waals surface area contributed by atoms with Crippen LogP contribution < -0.4 is 5.32 Å². The minimum absolute atomic E-state index is 0.00505. The van der Waals surface area contributed by atoms with Crippen molar-refractivity contribution in [2.45, 2.75) is 32.9 Å². The molecule has 0 radical (unpaired) electrons. The number of aliphatic carboxylic acids is 1. The molecule has 0 aromatic heterocycles. The first-order valence-corrected chi connectivity index (χ1v) is 7.46. The Kier molecular flexibility index (Phi) is 6.91. The van der Waals surface area contributed by atoms with Crippen molar-refractivity contribution in [3.8, 4) is 0 Å². The topological polar surface area (TPSA) is 82.1 Å². The SMILES string of the molecule is CCN(CC)CC(C)NC(=O)N(C)C1COCC1C(=O)O. The quantitative estimate of drug-likeness (QED) is 0.714. The second-order valence-corrected chi connectivity index (χ2v) is 5.50. The van der Waals surface area contributed by atoms with Crippen LogP contribution >= 0.6 is 0 Å². The highest BCUT2D eigenvalue weighted by atomic mass is 16.5. The largest absolute Gasteiger partial charge is 0.481 e. The minimum atomic E-state index is -0.923. The summed E-state index contributed by atoms with van der Waals surface area (Å²) in [6.07, 6.45) is 0. The Hall–Kier alpha value is -1.34. The Morgan fingerprint density at radius 2 is 1.95 bits per heavy atom. The molecule has 0 aromatic rings. The molecule has 7 heteroatoms. The fourth-order valence-electron chi connectivity index (χ4n) is 2.54. The Morgan fingerprint density at radius 1 is 1.33 bits per heavy atom. The van der Waals surface area contributed by atoms with Crippen molar-refractivity contribution in [3.05, 3.63) is 0 Å². The van der Waals surface area contributed by atoms with Crippen LogP contribution in [0.5, 0.6) is 0 Å². The molecule has 1 rings (SSSR count). The Bertz CT molecular complexity index is 360. The second kappa shape index (κ2) is 8.19. The first-order valence-electron chi connectivity index (χ1n) is 7.46. The molecule has 1 heterocycles. The van der Waals surface area contributed by atoms with Gasteiger partial charge in [-0.05, 0) is 20.0 Å². The molecule has 122 valence electrons. The van der Waals surface area contributed by atoms with Crippen LogP contribution in [0.2, 0.25) is 0 Å². The lowest BCUT2D eigenvalue weighted by Crippen LogP contribution is -2.52. The van der Waals surface area contributed by atoms with Crippen LogP contribution in [0.1, 0.15) is 20.8 Å². The number of urea groups is 1. The summed E-state index contributed by atoms with van der Waals surface area (Å²) in [5.41, 5.74) is 0. The standard InChI is InChI=1S/C14H27N3O4/c1-5-17(6-2)7-10(3)15-14(20)16(4)12-9-21-8-11(12)13(18)19/h10-12H,5-9H2,1-4H3,(H,15,20)(H,18,19). The van der Waals surface area contributed by atoms with Gasteiger partial charge in [0.15, 0.2) is 0 Å². The molecule has 1 aliphatic heterocycles. The predicted octanol–water partition coefficient (Wildman–Crippen LogP) is 0.458. The van der Waals surface area contributed by atoms with E-state index in [0.29, 0.717) is 0 Å². The number of likely N-dealkylation sites (N-methyl/N-ethyl adjacent to an activating group) is 2. The van der Waals surface area contributed by atoms with E-state index < -0.39 is 17.9 Å². The minimum Gasteiger partial charge on any atom is -0.481 e. The van der Waals surface area contributed by atoms with Gasteiger partial charge in [0.2, 0.25) is 0 Å². The van der Waals surface area contributed by atoms with E-state index in [2.05, 4.69) is 24.1 Å². The molecule has 7 nitrogen and oxygen atoms in total. The van der Waals surface area contributed by atoms with E-state index in [9.17, 15) is 9.59 Å². The van der Waals surface area contributed by atoms with E-state index in [1.54, 1.807) is 7.05 Å². The lowest BCUT2D eigenvalue weighted by atomic mass is 10.0. The van der Waals surface area contributed by atoms with Crippen LogP contribution in [0.4, 0.5) is 4.79 Å². The summed E-state index contributed by atoms with van der Waals surface area (Å²) < 4.78 is 5.20. The summed E-state index contributed by atoms with van der Waals surface area (Å²) in [5.74, 6) is -1.58. The van der Waals surface area contributed by atoms with Crippen LogP contribution in [0, 0.1) is 5.92 Å². The third-order valence-electron chi connectivity index (χ3n) is 3.98. The molecule has 21 heavy (non-hydrogen) atoms. The monoisotopic (exact) mass is 301 g/mol. The molecule has 0 bridgehead atoms. The average Bonchev–Trinajstić information content (AvgIpc) is 2.93. The predicted molar refractivity (Wildman–Crippen MR) is 79.3 cm³/mol. The number of nitrogens with zero attached hydrogens (tertiary/aromatic N) is 2.